The number of sulfonamides is 1. The number of benzene rings is 1. The van der Waals surface area contributed by atoms with Crippen LogP contribution in [0.1, 0.15) is 10.4 Å². The normalized spacial score (nSPS) is 10.9. The molecule has 1 amide bonds. The Morgan fingerprint density at radius 1 is 1.42 bits per heavy atom. The molecule has 0 unspecified atom stereocenters. The second-order valence-electron chi connectivity index (χ2n) is 3.67. The van der Waals surface area contributed by atoms with Crippen molar-refractivity contribution in [1.29, 1.82) is 0 Å². The average molecular weight is 288 g/mol. The zero-order valence-electron chi connectivity index (χ0n) is 9.85. The minimum Gasteiger partial charge on any atom is -0.331 e. The summed E-state index contributed by atoms with van der Waals surface area (Å²) in [6, 6.07) is 0.839. The van der Waals surface area contributed by atoms with E-state index in [2.05, 4.69) is 5.92 Å². The van der Waals surface area contributed by atoms with Crippen molar-refractivity contribution in [2.45, 2.75) is 4.90 Å². The Labute approximate surface area is 109 Å². The van der Waals surface area contributed by atoms with Gasteiger partial charge < -0.3 is 4.90 Å². The van der Waals surface area contributed by atoms with Crippen molar-refractivity contribution >= 4 is 15.9 Å². The van der Waals surface area contributed by atoms with Gasteiger partial charge in [-0.15, -0.1) is 6.42 Å². The van der Waals surface area contributed by atoms with Crippen molar-refractivity contribution in [3.05, 3.63) is 29.3 Å². The van der Waals surface area contributed by atoms with Crippen LogP contribution in [0.4, 0.5) is 8.78 Å². The number of rotatable bonds is 3. The molecule has 0 aliphatic rings. The topological polar surface area (TPSA) is 80.5 Å². The van der Waals surface area contributed by atoms with Crippen molar-refractivity contribution in [2.24, 2.45) is 5.14 Å². The summed E-state index contributed by atoms with van der Waals surface area (Å²) in [7, 11) is -3.08. The van der Waals surface area contributed by atoms with Gasteiger partial charge in [-0.05, 0) is 12.1 Å². The van der Waals surface area contributed by atoms with Gasteiger partial charge >= 0.3 is 0 Å². The Balaban J connectivity index is 3.47. The highest BCUT2D eigenvalue weighted by molar-refractivity contribution is 7.89. The maximum Gasteiger partial charge on any atom is 0.255 e. The second-order valence-corrected chi connectivity index (χ2v) is 5.20. The Hall–Kier alpha value is -1.98. The van der Waals surface area contributed by atoms with E-state index in [0.717, 1.165) is 4.90 Å². The fourth-order valence-corrected chi connectivity index (χ4v) is 2.07. The number of terminal acetylenes is 1. The third-order valence-corrected chi connectivity index (χ3v) is 3.19. The standard InChI is InChI=1S/C11H10F2N2O3S/c1-3-4-15(2)11(16)7-5-8(12)9(13)6-10(7)19(14,17)18/h1,5-6H,4H2,2H3,(H2,14,17,18). The number of primary sulfonamides is 1. The van der Waals surface area contributed by atoms with E-state index in [9.17, 15) is 22.0 Å². The summed E-state index contributed by atoms with van der Waals surface area (Å²) in [6.07, 6.45) is 5.00. The summed E-state index contributed by atoms with van der Waals surface area (Å²) in [6.45, 7) is -0.123. The number of carbonyl (C=O) groups excluding carboxylic acids is 1. The molecule has 0 radical (unpaired) electrons. The molecule has 102 valence electrons. The van der Waals surface area contributed by atoms with Gasteiger partial charge in [-0.3, -0.25) is 4.79 Å². The van der Waals surface area contributed by atoms with Crippen molar-refractivity contribution in [2.75, 3.05) is 13.6 Å². The van der Waals surface area contributed by atoms with Crippen molar-refractivity contribution in [3.63, 3.8) is 0 Å². The molecule has 5 nitrogen and oxygen atoms in total. The van der Waals surface area contributed by atoms with E-state index in [1.165, 1.54) is 7.05 Å². The highest BCUT2D eigenvalue weighted by Gasteiger charge is 2.24. The summed E-state index contributed by atoms with van der Waals surface area (Å²) in [4.78, 5) is 12.1. The fraction of sp³-hybridized carbons (Fsp3) is 0.182. The number of amides is 1. The molecule has 1 rings (SSSR count). The molecule has 2 N–H and O–H groups in total. The van der Waals surface area contributed by atoms with Gasteiger partial charge in [0.1, 0.15) is 0 Å². The van der Waals surface area contributed by atoms with Crippen LogP contribution in [0.25, 0.3) is 0 Å². The Morgan fingerprint density at radius 2 is 1.95 bits per heavy atom. The maximum absolute atomic E-state index is 13.1. The summed E-state index contributed by atoms with van der Waals surface area (Å²) in [5.41, 5.74) is -0.570. The lowest BCUT2D eigenvalue weighted by atomic mass is 10.2. The van der Waals surface area contributed by atoms with E-state index in [1.807, 2.05) is 0 Å². The molecule has 0 aliphatic heterocycles. The van der Waals surface area contributed by atoms with Crippen molar-refractivity contribution < 1.29 is 22.0 Å². The van der Waals surface area contributed by atoms with Gasteiger partial charge in [-0.25, -0.2) is 22.3 Å². The van der Waals surface area contributed by atoms with E-state index < -0.39 is 38.0 Å². The minimum atomic E-state index is -4.37. The molecule has 0 atom stereocenters. The smallest absolute Gasteiger partial charge is 0.255 e. The van der Waals surface area contributed by atoms with Crippen LogP contribution in [0, 0.1) is 24.0 Å². The predicted molar refractivity (Wildman–Crippen MR) is 63.5 cm³/mol. The van der Waals surface area contributed by atoms with Gasteiger partial charge in [0.25, 0.3) is 5.91 Å². The fourth-order valence-electron chi connectivity index (χ4n) is 1.35. The monoisotopic (exact) mass is 288 g/mol. The number of nitrogens with zero attached hydrogens (tertiary/aromatic N) is 1. The summed E-state index contributed by atoms with van der Waals surface area (Å²) < 4.78 is 48.7. The zero-order chi connectivity index (χ0) is 14.8. The number of halogens is 2. The molecule has 0 heterocycles. The largest absolute Gasteiger partial charge is 0.331 e. The average Bonchev–Trinajstić information content (AvgIpc) is 2.30. The molecule has 19 heavy (non-hydrogen) atoms. The van der Waals surface area contributed by atoms with Crippen LogP contribution in [0.2, 0.25) is 0 Å². The first-order valence-electron chi connectivity index (χ1n) is 4.89. The number of hydrogen-bond donors (Lipinski definition) is 1. The molecule has 8 heteroatoms. The summed E-state index contributed by atoms with van der Waals surface area (Å²) in [5.74, 6) is -1.49. The van der Waals surface area contributed by atoms with Gasteiger partial charge in [0.2, 0.25) is 10.0 Å². The van der Waals surface area contributed by atoms with E-state index in [0.29, 0.717) is 12.1 Å². The Morgan fingerprint density at radius 3 is 2.42 bits per heavy atom. The zero-order valence-corrected chi connectivity index (χ0v) is 10.7. The van der Waals surface area contributed by atoms with Gasteiger partial charge in [0.15, 0.2) is 11.6 Å². The number of carbonyl (C=O) groups is 1. The summed E-state index contributed by atoms with van der Waals surface area (Å²) >= 11 is 0. The second kappa shape index (κ2) is 5.34. The first-order valence-corrected chi connectivity index (χ1v) is 6.44. The molecule has 0 bridgehead atoms. The molecular weight excluding hydrogens is 278 g/mol. The van der Waals surface area contributed by atoms with Crippen molar-refractivity contribution in [3.8, 4) is 12.3 Å². The Kier molecular flexibility index (Phi) is 4.24. The number of nitrogens with two attached hydrogens (primary N) is 1. The third kappa shape index (κ3) is 3.27. The van der Waals surface area contributed by atoms with Crippen LogP contribution in [0.15, 0.2) is 17.0 Å². The molecule has 0 spiro atoms. The first kappa shape index (κ1) is 15.1. The molecular formula is C11H10F2N2O3S. The van der Waals surface area contributed by atoms with E-state index in [4.69, 9.17) is 11.6 Å². The van der Waals surface area contributed by atoms with Gasteiger partial charge in [0.05, 0.1) is 17.0 Å². The molecule has 0 aromatic heterocycles. The molecule has 0 aliphatic carbocycles. The lowest BCUT2D eigenvalue weighted by molar-refractivity contribution is 0.0808. The van der Waals surface area contributed by atoms with Crippen LogP contribution in [-0.4, -0.2) is 32.8 Å². The minimum absolute atomic E-state index is 0.123. The van der Waals surface area contributed by atoms with Crippen LogP contribution in [0.3, 0.4) is 0 Å². The first-order chi connectivity index (χ1) is 8.68. The van der Waals surface area contributed by atoms with Gasteiger partial charge in [0, 0.05) is 7.05 Å². The highest BCUT2D eigenvalue weighted by atomic mass is 32.2. The van der Waals surface area contributed by atoms with Crippen LogP contribution in [0.5, 0.6) is 0 Å². The van der Waals surface area contributed by atoms with Gasteiger partial charge in [-0.1, -0.05) is 5.92 Å². The molecule has 0 saturated heterocycles. The van der Waals surface area contributed by atoms with Gasteiger partial charge in [-0.2, -0.15) is 0 Å². The number of hydrogen-bond acceptors (Lipinski definition) is 3. The molecule has 0 fully saturated rings. The lowest BCUT2D eigenvalue weighted by Gasteiger charge is -2.16. The van der Waals surface area contributed by atoms with E-state index in [1.54, 1.807) is 0 Å². The highest BCUT2D eigenvalue weighted by Crippen LogP contribution is 2.20. The third-order valence-electron chi connectivity index (χ3n) is 2.23. The van der Waals surface area contributed by atoms with E-state index in [-0.39, 0.29) is 6.54 Å². The molecule has 1 aromatic rings. The Bertz CT molecular complexity index is 665. The SMILES string of the molecule is C#CCN(C)C(=O)c1cc(F)c(F)cc1S(N)(=O)=O. The van der Waals surface area contributed by atoms with Crippen LogP contribution in [-0.2, 0) is 10.0 Å². The van der Waals surface area contributed by atoms with E-state index >= 15 is 0 Å². The summed E-state index contributed by atoms with van der Waals surface area (Å²) in [5, 5.41) is 4.86. The van der Waals surface area contributed by atoms with Crippen LogP contribution >= 0.6 is 0 Å². The maximum atomic E-state index is 13.1. The molecule has 1 aromatic carbocycles. The molecule has 0 saturated carbocycles. The van der Waals surface area contributed by atoms with Crippen LogP contribution < -0.4 is 5.14 Å². The predicted octanol–water partition coefficient (Wildman–Crippen LogP) is 0.317. The lowest BCUT2D eigenvalue weighted by Crippen LogP contribution is -2.29. The quantitative estimate of drug-likeness (QED) is 0.813. The van der Waals surface area contributed by atoms with Crippen molar-refractivity contribution in [1.82, 2.24) is 4.90 Å².